The molecule has 6 heteroatoms. The zero-order chi connectivity index (χ0) is 8.78. The molecule has 0 spiro atoms. The Hall–Kier alpha value is 0.940. The van der Waals surface area contributed by atoms with E-state index in [0.717, 1.165) is 6.42 Å². The molecule has 84 valence electrons. The van der Waals surface area contributed by atoms with Gasteiger partial charge < -0.3 is 20.9 Å². The van der Waals surface area contributed by atoms with Gasteiger partial charge in [0.2, 0.25) is 0 Å². The van der Waals surface area contributed by atoms with Crippen LogP contribution in [0.25, 0.3) is 0 Å². The Morgan fingerprint density at radius 2 is 1.23 bits per heavy atom. The van der Waals surface area contributed by atoms with Crippen LogP contribution in [0.3, 0.4) is 0 Å². The van der Waals surface area contributed by atoms with Crippen molar-refractivity contribution in [1.29, 1.82) is 0 Å². The van der Waals surface area contributed by atoms with E-state index >= 15 is 0 Å². The topological polar surface area (TPSA) is 103 Å². The van der Waals surface area contributed by atoms with Crippen LogP contribution < -0.4 is 0 Å². The number of hydrogen-bond acceptors (Lipinski definition) is 2. The van der Waals surface area contributed by atoms with Crippen LogP contribution in [0.2, 0.25) is 19.6 Å². The summed E-state index contributed by atoms with van der Waals surface area (Å²) in [5.74, 6) is 0. The summed E-state index contributed by atoms with van der Waals surface area (Å²) >= 11 is 0. The molecule has 1 unspecified atom stereocenters. The first kappa shape index (κ1) is 29.2. The number of aliphatic hydroxyl groups is 1. The van der Waals surface area contributed by atoms with Crippen LogP contribution in [0.15, 0.2) is 0 Å². The molecule has 0 rings (SSSR count). The van der Waals surface area contributed by atoms with Crippen molar-refractivity contribution in [1.82, 2.24) is 0 Å². The van der Waals surface area contributed by atoms with Crippen molar-refractivity contribution >= 4 is 8.32 Å². The smallest absolute Gasteiger partial charge is 0.179 e. The molecule has 0 saturated heterocycles. The second kappa shape index (κ2) is 15.4. The van der Waals surface area contributed by atoms with E-state index < -0.39 is 8.32 Å². The zero-order valence-electron chi connectivity index (χ0n) is 9.18. The van der Waals surface area contributed by atoms with Gasteiger partial charge in [0, 0.05) is 26.2 Å². The quantitative estimate of drug-likeness (QED) is 0.661. The molecule has 0 heterocycles. The van der Waals surface area contributed by atoms with Crippen LogP contribution in [0.1, 0.15) is 20.3 Å². The third-order valence-corrected chi connectivity index (χ3v) is 0.591. The standard InChI is InChI=1S/C4H10O.C3H10OSi.2H2O.Zr/c1-3-4(2)5;1-5(2,3)4;;;/h4-5H,3H2,1-2H3;4H,1-3H3;2*1H2;. The average Bonchev–Trinajstić information content (AvgIpc) is 1.61. The second-order valence-corrected chi connectivity index (χ2v) is 7.77. The third-order valence-electron chi connectivity index (χ3n) is 0.591. The van der Waals surface area contributed by atoms with Gasteiger partial charge in [-0.25, -0.2) is 0 Å². The Labute approximate surface area is 101 Å². The molecule has 0 amide bonds. The Morgan fingerprint density at radius 3 is 1.23 bits per heavy atom. The Balaban J connectivity index is -0.0000000267. The predicted octanol–water partition coefficient (Wildman–Crippen LogP) is -0.0611. The zero-order valence-corrected chi connectivity index (χ0v) is 12.6. The monoisotopic (exact) mass is 290 g/mol. The molecule has 0 radical (unpaired) electrons. The van der Waals surface area contributed by atoms with Crippen LogP contribution in [0, 0.1) is 0 Å². The van der Waals surface area contributed by atoms with Gasteiger partial charge in [-0.15, -0.1) is 0 Å². The van der Waals surface area contributed by atoms with E-state index in [1.807, 2.05) is 26.6 Å². The molecule has 0 aromatic rings. The van der Waals surface area contributed by atoms with Gasteiger partial charge in [-0.1, -0.05) is 6.92 Å². The molecule has 0 aliphatic carbocycles. The Morgan fingerprint density at radius 1 is 1.15 bits per heavy atom. The second-order valence-electron chi connectivity index (χ2n) is 3.43. The van der Waals surface area contributed by atoms with Gasteiger partial charge in [-0.2, -0.15) is 0 Å². The fourth-order valence-electron chi connectivity index (χ4n) is 0. The van der Waals surface area contributed by atoms with Crippen LogP contribution in [0.4, 0.5) is 0 Å². The minimum atomic E-state index is -1.61. The third kappa shape index (κ3) is 179. The Bertz CT molecular complexity index is 69.4. The molecule has 0 fully saturated rings. The van der Waals surface area contributed by atoms with E-state index in [2.05, 4.69) is 0 Å². The van der Waals surface area contributed by atoms with Gasteiger partial charge >= 0.3 is 0 Å². The van der Waals surface area contributed by atoms with E-state index in [1.54, 1.807) is 6.92 Å². The van der Waals surface area contributed by atoms with Gasteiger partial charge in [0.05, 0.1) is 6.10 Å². The van der Waals surface area contributed by atoms with Gasteiger partial charge in [-0.05, 0) is 33.0 Å². The molecule has 13 heavy (non-hydrogen) atoms. The molecule has 0 saturated carbocycles. The van der Waals surface area contributed by atoms with Gasteiger partial charge in [0.1, 0.15) is 0 Å². The molecule has 0 aliphatic rings. The molecule has 0 aromatic carbocycles. The maximum atomic E-state index is 8.66. The molecular weight excluding hydrogens is 267 g/mol. The minimum Gasteiger partial charge on any atom is -0.433 e. The maximum absolute atomic E-state index is 8.66. The minimum absolute atomic E-state index is 0. The van der Waals surface area contributed by atoms with Gasteiger partial charge in [-0.3, -0.25) is 0 Å². The summed E-state index contributed by atoms with van der Waals surface area (Å²) in [6.07, 6.45) is 0.745. The van der Waals surface area contributed by atoms with Crippen molar-refractivity contribution in [3.05, 3.63) is 0 Å². The summed E-state index contributed by atoms with van der Waals surface area (Å²) in [5.41, 5.74) is 0. The van der Waals surface area contributed by atoms with Crippen molar-refractivity contribution in [2.45, 2.75) is 46.0 Å². The van der Waals surface area contributed by atoms with Crippen molar-refractivity contribution < 1.29 is 47.1 Å². The van der Waals surface area contributed by atoms with E-state index in [1.165, 1.54) is 0 Å². The van der Waals surface area contributed by atoms with E-state index in [9.17, 15) is 0 Å². The summed E-state index contributed by atoms with van der Waals surface area (Å²) in [6.45, 7) is 9.37. The fourth-order valence-corrected chi connectivity index (χ4v) is 0. The molecular formula is C7H24O4SiZr. The fraction of sp³-hybridized carbons (Fsp3) is 1.00. The summed E-state index contributed by atoms with van der Waals surface area (Å²) < 4.78 is 0. The number of aliphatic hydroxyl groups excluding tert-OH is 1. The van der Waals surface area contributed by atoms with Crippen LogP contribution in [0.5, 0.6) is 0 Å². The summed E-state index contributed by atoms with van der Waals surface area (Å²) in [7, 11) is -1.61. The normalized spacial score (nSPS) is 10.4. The van der Waals surface area contributed by atoms with Crippen LogP contribution in [-0.2, 0) is 26.2 Å². The molecule has 0 bridgehead atoms. The SMILES string of the molecule is CCC(C)O.C[Si](C)(C)O.O.O.[Zr]. The van der Waals surface area contributed by atoms with E-state index in [4.69, 9.17) is 9.90 Å². The first-order chi connectivity index (χ1) is 4.27. The van der Waals surface area contributed by atoms with Crippen molar-refractivity contribution in [2.24, 2.45) is 0 Å². The maximum Gasteiger partial charge on any atom is 0.179 e. The Kier molecular flexibility index (Phi) is 34.6. The van der Waals surface area contributed by atoms with Crippen molar-refractivity contribution in [2.75, 3.05) is 0 Å². The molecule has 1 atom stereocenters. The number of hydrogen-bond donors (Lipinski definition) is 2. The van der Waals surface area contributed by atoms with Gasteiger partial charge in [0.25, 0.3) is 0 Å². The molecule has 0 aromatic heterocycles. The van der Waals surface area contributed by atoms with E-state index in [-0.39, 0.29) is 43.3 Å². The predicted molar refractivity (Wildman–Crippen MR) is 54.8 cm³/mol. The van der Waals surface area contributed by atoms with Crippen LogP contribution in [-0.4, -0.2) is 35.3 Å². The summed E-state index contributed by atoms with van der Waals surface area (Å²) in [4.78, 5) is 8.66. The first-order valence-corrected chi connectivity index (χ1v) is 7.12. The summed E-state index contributed by atoms with van der Waals surface area (Å²) in [6, 6.07) is 0. The van der Waals surface area contributed by atoms with Gasteiger partial charge in [0.15, 0.2) is 8.32 Å². The molecule has 4 nitrogen and oxygen atoms in total. The molecule has 6 N–H and O–H groups in total. The summed E-state index contributed by atoms with van der Waals surface area (Å²) in [5, 5.41) is 8.36. The number of rotatable bonds is 1. The largest absolute Gasteiger partial charge is 0.433 e. The van der Waals surface area contributed by atoms with Crippen LogP contribution >= 0.6 is 0 Å². The average molecular weight is 292 g/mol. The van der Waals surface area contributed by atoms with Crippen molar-refractivity contribution in [3.8, 4) is 0 Å². The van der Waals surface area contributed by atoms with E-state index in [0.29, 0.717) is 0 Å². The molecule has 0 aliphatic heterocycles. The first-order valence-electron chi connectivity index (χ1n) is 3.67. The van der Waals surface area contributed by atoms with Crippen molar-refractivity contribution in [3.63, 3.8) is 0 Å².